The number of ether oxygens (including phenoxy) is 1. The number of aryl methyl sites for hydroxylation is 1. The molecule has 0 radical (unpaired) electrons. The third-order valence-electron chi connectivity index (χ3n) is 3.30. The van der Waals surface area contributed by atoms with Crippen molar-refractivity contribution in [3.8, 4) is 11.5 Å². The number of hydrogen-bond acceptors (Lipinski definition) is 4. The van der Waals surface area contributed by atoms with E-state index < -0.39 is 0 Å². The molecule has 2 aromatic rings. The summed E-state index contributed by atoms with van der Waals surface area (Å²) < 4.78 is 5.12. The Kier molecular flexibility index (Phi) is 5.01. The lowest BCUT2D eigenvalue weighted by Crippen LogP contribution is -2.20. The predicted molar refractivity (Wildman–Crippen MR) is 78.0 cm³/mol. The van der Waals surface area contributed by atoms with Gasteiger partial charge in [0, 0.05) is 24.9 Å². The van der Waals surface area contributed by atoms with Gasteiger partial charge in [-0.15, -0.1) is 0 Å². The van der Waals surface area contributed by atoms with E-state index in [9.17, 15) is 5.11 Å². The van der Waals surface area contributed by atoms with Crippen LogP contribution in [0.15, 0.2) is 30.6 Å². The van der Waals surface area contributed by atoms with Gasteiger partial charge in [-0.1, -0.05) is 6.07 Å². The van der Waals surface area contributed by atoms with Crippen LogP contribution in [0.1, 0.15) is 30.8 Å². The molecule has 1 unspecified atom stereocenters. The number of phenols is 1. The maximum absolute atomic E-state index is 9.58. The Morgan fingerprint density at radius 2 is 2.30 bits per heavy atom. The summed E-state index contributed by atoms with van der Waals surface area (Å²) in [6.07, 6.45) is 5.57. The van der Waals surface area contributed by atoms with Crippen LogP contribution in [0.3, 0.4) is 0 Å². The van der Waals surface area contributed by atoms with Crippen molar-refractivity contribution in [3.05, 3.63) is 42.0 Å². The molecule has 1 atom stereocenters. The monoisotopic (exact) mass is 275 g/mol. The number of aromatic nitrogens is 2. The number of aromatic amines is 1. The number of H-pyrrole nitrogens is 1. The summed E-state index contributed by atoms with van der Waals surface area (Å²) >= 11 is 0. The van der Waals surface area contributed by atoms with Crippen LogP contribution in [-0.2, 0) is 6.42 Å². The highest BCUT2D eigenvalue weighted by Crippen LogP contribution is 2.28. The molecule has 2 rings (SSSR count). The molecule has 3 N–H and O–H groups in total. The van der Waals surface area contributed by atoms with Crippen LogP contribution in [0.5, 0.6) is 11.5 Å². The lowest BCUT2D eigenvalue weighted by atomic mass is 10.1. The summed E-state index contributed by atoms with van der Waals surface area (Å²) in [4.78, 5) is 7.29. The topological polar surface area (TPSA) is 70.2 Å². The average molecular weight is 275 g/mol. The van der Waals surface area contributed by atoms with Gasteiger partial charge in [0.05, 0.1) is 7.11 Å². The number of hydrogen-bond donors (Lipinski definition) is 3. The van der Waals surface area contributed by atoms with Gasteiger partial charge in [-0.2, -0.15) is 0 Å². The van der Waals surface area contributed by atoms with E-state index in [1.165, 1.54) is 0 Å². The first-order chi connectivity index (χ1) is 9.70. The number of rotatable bonds is 7. The molecule has 0 fully saturated rings. The minimum absolute atomic E-state index is 0.168. The second-order valence-electron chi connectivity index (χ2n) is 4.75. The van der Waals surface area contributed by atoms with Crippen LogP contribution in [0.25, 0.3) is 0 Å². The number of nitrogens with zero attached hydrogens (tertiary/aromatic N) is 1. The largest absolute Gasteiger partial charge is 0.504 e. The lowest BCUT2D eigenvalue weighted by Gasteiger charge is -2.15. The van der Waals surface area contributed by atoms with E-state index in [4.69, 9.17) is 4.74 Å². The molecule has 5 heteroatoms. The van der Waals surface area contributed by atoms with E-state index in [1.54, 1.807) is 19.4 Å². The van der Waals surface area contributed by atoms with Crippen molar-refractivity contribution in [3.63, 3.8) is 0 Å². The lowest BCUT2D eigenvalue weighted by molar-refractivity contribution is 0.372. The van der Waals surface area contributed by atoms with Crippen molar-refractivity contribution in [2.45, 2.75) is 25.8 Å². The normalized spacial score (nSPS) is 12.3. The predicted octanol–water partition coefficient (Wildman–Crippen LogP) is 2.41. The summed E-state index contributed by atoms with van der Waals surface area (Å²) in [7, 11) is 1.56. The van der Waals surface area contributed by atoms with Crippen molar-refractivity contribution in [1.82, 2.24) is 15.3 Å². The molecule has 5 nitrogen and oxygen atoms in total. The molecule has 1 aromatic heterocycles. The fourth-order valence-electron chi connectivity index (χ4n) is 2.09. The third kappa shape index (κ3) is 3.74. The molecule has 20 heavy (non-hydrogen) atoms. The Balaban J connectivity index is 1.80. The second-order valence-corrected chi connectivity index (χ2v) is 4.75. The number of methoxy groups -OCH3 is 1. The standard InChI is InChI=1S/C15H21N3O2/c1-11(12-5-6-13(19)14(10-12)20-2)16-7-3-4-15-17-8-9-18-15/h5-6,8-11,16,19H,3-4,7H2,1-2H3,(H,17,18). The molecule has 0 bridgehead atoms. The molecule has 0 aliphatic rings. The van der Waals surface area contributed by atoms with Gasteiger partial charge in [0.2, 0.25) is 0 Å². The Morgan fingerprint density at radius 1 is 1.45 bits per heavy atom. The molecule has 0 amide bonds. The molecular weight excluding hydrogens is 254 g/mol. The van der Waals surface area contributed by atoms with E-state index in [0.29, 0.717) is 5.75 Å². The highest BCUT2D eigenvalue weighted by molar-refractivity contribution is 5.42. The van der Waals surface area contributed by atoms with Crippen LogP contribution in [0.4, 0.5) is 0 Å². The smallest absolute Gasteiger partial charge is 0.160 e. The van der Waals surface area contributed by atoms with Crippen LogP contribution in [-0.4, -0.2) is 28.7 Å². The maximum Gasteiger partial charge on any atom is 0.160 e. The first-order valence-corrected chi connectivity index (χ1v) is 6.79. The summed E-state index contributed by atoms with van der Waals surface area (Å²) in [5.41, 5.74) is 1.10. The number of phenolic OH excluding ortho intramolecular Hbond substituents is 1. The van der Waals surface area contributed by atoms with Gasteiger partial charge in [-0.25, -0.2) is 4.98 Å². The van der Waals surface area contributed by atoms with E-state index in [-0.39, 0.29) is 11.8 Å². The maximum atomic E-state index is 9.58. The number of aromatic hydroxyl groups is 1. The van der Waals surface area contributed by atoms with Crippen molar-refractivity contribution < 1.29 is 9.84 Å². The molecule has 0 aliphatic heterocycles. The Labute approximate surface area is 119 Å². The summed E-state index contributed by atoms with van der Waals surface area (Å²) in [5, 5.41) is 13.0. The van der Waals surface area contributed by atoms with Crippen LogP contribution in [0, 0.1) is 0 Å². The van der Waals surface area contributed by atoms with Gasteiger partial charge in [-0.05, 0) is 37.6 Å². The van der Waals surface area contributed by atoms with Crippen molar-refractivity contribution in [2.75, 3.05) is 13.7 Å². The van der Waals surface area contributed by atoms with E-state index >= 15 is 0 Å². The third-order valence-corrected chi connectivity index (χ3v) is 3.30. The first-order valence-electron chi connectivity index (χ1n) is 6.79. The fraction of sp³-hybridized carbons (Fsp3) is 0.400. The molecule has 0 spiro atoms. The van der Waals surface area contributed by atoms with Gasteiger partial charge in [-0.3, -0.25) is 0 Å². The van der Waals surface area contributed by atoms with E-state index in [2.05, 4.69) is 22.2 Å². The fourth-order valence-corrected chi connectivity index (χ4v) is 2.09. The molecule has 0 saturated carbocycles. The Hall–Kier alpha value is -2.01. The molecule has 1 heterocycles. The molecular formula is C15H21N3O2. The highest BCUT2D eigenvalue weighted by atomic mass is 16.5. The molecule has 108 valence electrons. The minimum Gasteiger partial charge on any atom is -0.504 e. The SMILES string of the molecule is COc1cc(C(C)NCCCc2ncc[nH]2)ccc1O. The van der Waals surface area contributed by atoms with Crippen molar-refractivity contribution >= 4 is 0 Å². The number of nitrogens with one attached hydrogen (secondary N) is 2. The Bertz CT molecular complexity index is 526. The minimum atomic E-state index is 0.168. The van der Waals surface area contributed by atoms with E-state index in [0.717, 1.165) is 30.8 Å². The molecule has 0 aliphatic carbocycles. The van der Waals surface area contributed by atoms with Crippen LogP contribution in [0.2, 0.25) is 0 Å². The van der Waals surface area contributed by atoms with Crippen molar-refractivity contribution in [1.29, 1.82) is 0 Å². The number of imidazole rings is 1. The van der Waals surface area contributed by atoms with Crippen LogP contribution < -0.4 is 10.1 Å². The summed E-state index contributed by atoms with van der Waals surface area (Å²) in [6, 6.07) is 5.64. The van der Waals surface area contributed by atoms with Crippen LogP contribution >= 0.6 is 0 Å². The van der Waals surface area contributed by atoms with Gasteiger partial charge in [0.15, 0.2) is 11.5 Å². The molecule has 0 saturated heterocycles. The zero-order valence-electron chi connectivity index (χ0n) is 11.9. The highest BCUT2D eigenvalue weighted by Gasteiger charge is 2.08. The Morgan fingerprint density at radius 3 is 3.00 bits per heavy atom. The summed E-state index contributed by atoms with van der Waals surface area (Å²) in [5.74, 6) is 1.69. The zero-order valence-corrected chi connectivity index (χ0v) is 11.9. The first kappa shape index (κ1) is 14.4. The van der Waals surface area contributed by atoms with Gasteiger partial charge in [0.1, 0.15) is 5.82 Å². The van der Waals surface area contributed by atoms with Gasteiger partial charge < -0.3 is 20.1 Å². The zero-order chi connectivity index (χ0) is 14.4. The van der Waals surface area contributed by atoms with Crippen molar-refractivity contribution in [2.24, 2.45) is 0 Å². The number of benzene rings is 1. The van der Waals surface area contributed by atoms with Gasteiger partial charge in [0.25, 0.3) is 0 Å². The second kappa shape index (κ2) is 6.96. The average Bonchev–Trinajstić information content (AvgIpc) is 2.97. The molecule has 1 aromatic carbocycles. The summed E-state index contributed by atoms with van der Waals surface area (Å²) in [6.45, 7) is 3.00. The quantitative estimate of drug-likeness (QED) is 0.679. The van der Waals surface area contributed by atoms with Gasteiger partial charge >= 0.3 is 0 Å². The van der Waals surface area contributed by atoms with E-state index in [1.807, 2.05) is 18.3 Å².